The van der Waals surface area contributed by atoms with E-state index in [-0.39, 0.29) is 0 Å². The third-order valence-corrected chi connectivity index (χ3v) is 4.63. The molecule has 0 aliphatic heterocycles. The zero-order chi connectivity index (χ0) is 17.9. The van der Waals surface area contributed by atoms with E-state index in [9.17, 15) is 8.42 Å². The lowest BCUT2D eigenvalue weighted by Crippen LogP contribution is -2.12. The Morgan fingerprint density at radius 1 is 1.00 bits per heavy atom. The highest BCUT2D eigenvalue weighted by Crippen LogP contribution is 2.23. The molecule has 1 N–H and O–H groups in total. The molecule has 1 aromatic heterocycles. The maximum atomic E-state index is 12.4. The predicted molar refractivity (Wildman–Crippen MR) is 101 cm³/mol. The predicted octanol–water partition coefficient (Wildman–Crippen LogP) is 3.90. The second-order valence-corrected chi connectivity index (χ2v) is 7.28. The van der Waals surface area contributed by atoms with Crippen molar-refractivity contribution >= 4 is 21.8 Å². The topological polar surface area (TPSA) is 64.0 Å². The lowest BCUT2D eigenvalue weighted by molar-refractivity contribution is 0.609. The Labute approximate surface area is 147 Å². The first-order valence-corrected chi connectivity index (χ1v) is 9.38. The molecule has 0 aliphatic carbocycles. The normalized spacial score (nSPS) is 11.8. The van der Waals surface area contributed by atoms with Gasteiger partial charge in [-0.15, -0.1) is 0 Å². The number of para-hydroxylation sites is 2. The summed E-state index contributed by atoms with van der Waals surface area (Å²) < 4.78 is 29.2. The summed E-state index contributed by atoms with van der Waals surface area (Å²) in [4.78, 5) is 0. The molecular weight excluding hydrogens is 334 g/mol. The number of benzene rings is 2. The molecule has 0 bridgehead atoms. The molecule has 6 heteroatoms. The third kappa shape index (κ3) is 4.16. The van der Waals surface area contributed by atoms with Gasteiger partial charge in [-0.1, -0.05) is 42.5 Å². The zero-order valence-corrected chi connectivity index (χ0v) is 14.9. The van der Waals surface area contributed by atoms with Crippen LogP contribution in [0.1, 0.15) is 17.0 Å². The standard InChI is InChI=1S/C19H19N3O2S/c1-15-14-16(2)22(20-15)19-11-7-6-10-18(19)21-25(23,24)13-12-17-8-4-3-5-9-17/h3-14,21H,1-2H3/b13-12+. The molecule has 0 aliphatic rings. The van der Waals surface area contributed by atoms with Crippen molar-refractivity contribution in [2.45, 2.75) is 13.8 Å². The Bertz CT molecular complexity index is 1010. The van der Waals surface area contributed by atoms with E-state index in [2.05, 4.69) is 9.82 Å². The van der Waals surface area contributed by atoms with Gasteiger partial charge in [-0.3, -0.25) is 4.72 Å². The first-order chi connectivity index (χ1) is 11.9. The van der Waals surface area contributed by atoms with Gasteiger partial charge in [0.15, 0.2) is 0 Å². The van der Waals surface area contributed by atoms with E-state index >= 15 is 0 Å². The first kappa shape index (κ1) is 17.0. The molecular formula is C19H19N3O2S. The van der Waals surface area contributed by atoms with Crippen molar-refractivity contribution in [3.05, 3.63) is 83.0 Å². The molecule has 0 saturated carbocycles. The lowest BCUT2D eigenvalue weighted by Gasteiger charge is -2.12. The van der Waals surface area contributed by atoms with Gasteiger partial charge >= 0.3 is 0 Å². The number of hydrogen-bond donors (Lipinski definition) is 1. The molecule has 0 unspecified atom stereocenters. The van der Waals surface area contributed by atoms with E-state index < -0.39 is 10.0 Å². The third-order valence-electron chi connectivity index (χ3n) is 3.63. The smallest absolute Gasteiger partial charge is 0.255 e. The molecule has 0 amide bonds. The highest BCUT2D eigenvalue weighted by molar-refractivity contribution is 7.95. The number of nitrogens with zero attached hydrogens (tertiary/aromatic N) is 2. The first-order valence-electron chi connectivity index (χ1n) is 7.83. The van der Waals surface area contributed by atoms with Crippen molar-refractivity contribution in [3.8, 4) is 5.69 Å². The van der Waals surface area contributed by atoms with E-state index in [1.807, 2.05) is 62.4 Å². The van der Waals surface area contributed by atoms with E-state index in [1.54, 1.807) is 22.9 Å². The summed E-state index contributed by atoms with van der Waals surface area (Å²) in [5.74, 6) is 0. The van der Waals surface area contributed by atoms with Crippen LogP contribution in [0.15, 0.2) is 66.1 Å². The van der Waals surface area contributed by atoms with Crippen LogP contribution in [0.4, 0.5) is 5.69 Å². The van der Waals surface area contributed by atoms with Crippen LogP contribution in [0.2, 0.25) is 0 Å². The summed E-state index contributed by atoms with van der Waals surface area (Å²) in [5, 5.41) is 5.60. The average molecular weight is 353 g/mol. The van der Waals surface area contributed by atoms with E-state index in [4.69, 9.17) is 0 Å². The maximum absolute atomic E-state index is 12.4. The minimum Gasteiger partial charge on any atom is -0.278 e. The molecule has 128 valence electrons. The minimum atomic E-state index is -3.64. The van der Waals surface area contributed by atoms with Crippen LogP contribution in [0.5, 0.6) is 0 Å². The molecule has 3 aromatic rings. The van der Waals surface area contributed by atoms with Crippen LogP contribution >= 0.6 is 0 Å². The monoisotopic (exact) mass is 353 g/mol. The second-order valence-electron chi connectivity index (χ2n) is 5.72. The van der Waals surface area contributed by atoms with Crippen LogP contribution in [0, 0.1) is 13.8 Å². The summed E-state index contributed by atoms with van der Waals surface area (Å²) in [6.45, 7) is 3.83. The number of nitrogens with one attached hydrogen (secondary N) is 1. The molecule has 5 nitrogen and oxygen atoms in total. The minimum absolute atomic E-state index is 0.478. The fraction of sp³-hybridized carbons (Fsp3) is 0.105. The Kier molecular flexibility index (Phi) is 4.72. The summed E-state index contributed by atoms with van der Waals surface area (Å²) >= 11 is 0. The van der Waals surface area contributed by atoms with Crippen LogP contribution in [0.25, 0.3) is 11.8 Å². The molecule has 0 atom stereocenters. The fourth-order valence-electron chi connectivity index (χ4n) is 2.54. The molecule has 3 rings (SSSR count). The summed E-state index contributed by atoms with van der Waals surface area (Å²) in [6, 6.07) is 18.4. The van der Waals surface area contributed by atoms with Crippen LogP contribution in [-0.2, 0) is 10.0 Å². The van der Waals surface area contributed by atoms with E-state index in [1.165, 1.54) is 5.41 Å². The number of anilines is 1. The molecule has 0 spiro atoms. The molecule has 0 radical (unpaired) electrons. The highest BCUT2D eigenvalue weighted by Gasteiger charge is 2.13. The maximum Gasteiger partial charge on any atom is 0.255 e. The Morgan fingerprint density at radius 3 is 2.36 bits per heavy atom. The molecule has 1 heterocycles. The molecule has 25 heavy (non-hydrogen) atoms. The highest BCUT2D eigenvalue weighted by atomic mass is 32.2. The van der Waals surface area contributed by atoms with Crippen LogP contribution < -0.4 is 4.72 Å². The molecule has 0 saturated heterocycles. The number of sulfonamides is 1. The number of aryl methyl sites for hydroxylation is 2. The number of aromatic nitrogens is 2. The Morgan fingerprint density at radius 2 is 1.68 bits per heavy atom. The van der Waals surface area contributed by atoms with Gasteiger partial charge in [0.1, 0.15) is 0 Å². The van der Waals surface area contributed by atoms with Crippen molar-refractivity contribution in [3.63, 3.8) is 0 Å². The SMILES string of the molecule is Cc1cc(C)n(-c2ccccc2NS(=O)(=O)/C=C/c2ccccc2)n1. The largest absolute Gasteiger partial charge is 0.278 e. The summed E-state index contributed by atoms with van der Waals surface area (Å²) in [6.07, 6.45) is 1.56. The second kappa shape index (κ2) is 6.94. The number of rotatable bonds is 5. The van der Waals surface area contributed by atoms with Crippen molar-refractivity contribution in [2.75, 3.05) is 4.72 Å². The van der Waals surface area contributed by atoms with Gasteiger partial charge in [-0.25, -0.2) is 13.1 Å². The van der Waals surface area contributed by atoms with Crippen molar-refractivity contribution in [2.24, 2.45) is 0 Å². The van der Waals surface area contributed by atoms with E-state index in [0.29, 0.717) is 11.4 Å². The van der Waals surface area contributed by atoms with Gasteiger partial charge in [0, 0.05) is 5.69 Å². The molecule has 2 aromatic carbocycles. The van der Waals surface area contributed by atoms with Gasteiger partial charge in [-0.2, -0.15) is 5.10 Å². The lowest BCUT2D eigenvalue weighted by atomic mass is 10.2. The van der Waals surface area contributed by atoms with Gasteiger partial charge in [-0.05, 0) is 43.7 Å². The van der Waals surface area contributed by atoms with Crippen molar-refractivity contribution in [1.82, 2.24) is 9.78 Å². The van der Waals surface area contributed by atoms with Crippen LogP contribution in [-0.4, -0.2) is 18.2 Å². The number of hydrogen-bond acceptors (Lipinski definition) is 3. The fourth-order valence-corrected chi connectivity index (χ4v) is 3.42. The Hall–Kier alpha value is -2.86. The Balaban J connectivity index is 1.90. The molecule has 0 fully saturated rings. The van der Waals surface area contributed by atoms with Crippen molar-refractivity contribution < 1.29 is 8.42 Å². The van der Waals surface area contributed by atoms with Gasteiger partial charge in [0.25, 0.3) is 10.0 Å². The van der Waals surface area contributed by atoms with Crippen molar-refractivity contribution in [1.29, 1.82) is 0 Å². The average Bonchev–Trinajstić information content (AvgIpc) is 2.92. The summed E-state index contributed by atoms with van der Waals surface area (Å²) in [7, 11) is -3.64. The summed E-state index contributed by atoms with van der Waals surface area (Å²) in [5.41, 5.74) is 3.79. The zero-order valence-electron chi connectivity index (χ0n) is 14.0. The van der Waals surface area contributed by atoms with Gasteiger partial charge in [0.05, 0.1) is 22.5 Å². The quantitative estimate of drug-likeness (QED) is 0.756. The van der Waals surface area contributed by atoms with Gasteiger partial charge in [0.2, 0.25) is 0 Å². The van der Waals surface area contributed by atoms with Crippen LogP contribution in [0.3, 0.4) is 0 Å². The van der Waals surface area contributed by atoms with E-state index in [0.717, 1.165) is 17.0 Å². The van der Waals surface area contributed by atoms with Gasteiger partial charge < -0.3 is 0 Å².